The molecule has 8 nitrogen and oxygen atoms in total. The Kier molecular flexibility index (Phi) is 16.1. The zero-order valence-electron chi connectivity index (χ0n) is 32.1. The Bertz CT molecular complexity index is 2070. The molecule has 0 aromatic heterocycles. The van der Waals surface area contributed by atoms with Gasteiger partial charge in [0.05, 0.1) is 19.8 Å². The Morgan fingerprint density at radius 3 is 1.29 bits per heavy atom. The number of nitrogens with zero attached hydrogens (tertiary/aromatic N) is 1. The van der Waals surface area contributed by atoms with Crippen LogP contribution in [0.4, 0.5) is 0 Å². The molecule has 56 heavy (non-hydrogen) atoms. The predicted octanol–water partition coefficient (Wildman–Crippen LogP) is 14.5. The molecule has 0 aliphatic heterocycles. The minimum atomic E-state index is -3.47. The number of rotatable bonds is 21. The van der Waals surface area contributed by atoms with Gasteiger partial charge in [-0.25, -0.2) is 0 Å². The standard InChI is InChI=1S/C45H49N2O6P3/c1-4-34-48-54(51-43-28-22-40(23-29-43)37-16-10-7-11-17-37)46-56(50-36-6-3,53-45-32-26-42(27-33-45)39-20-14-9-15-21-39)47-55(49-35-5-2)52-44-30-24-41(25-31-44)38-18-12-8-13-19-38/h7-33,46H,4-6,34-36H2,1-3H3. The average Bonchev–Trinajstić information content (AvgIpc) is 3.25. The van der Waals surface area contributed by atoms with Crippen molar-refractivity contribution in [1.82, 2.24) is 4.86 Å². The van der Waals surface area contributed by atoms with E-state index in [0.717, 1.165) is 52.6 Å². The maximum atomic E-state index is 6.87. The van der Waals surface area contributed by atoms with Crippen LogP contribution in [0.3, 0.4) is 0 Å². The average molecular weight is 807 g/mol. The van der Waals surface area contributed by atoms with Gasteiger partial charge >= 0.3 is 24.7 Å². The van der Waals surface area contributed by atoms with Gasteiger partial charge in [0.1, 0.15) is 17.2 Å². The molecule has 6 rings (SSSR count). The highest BCUT2D eigenvalue weighted by Crippen LogP contribution is 2.62. The largest absolute Gasteiger partial charge is 0.436 e. The van der Waals surface area contributed by atoms with Gasteiger partial charge in [0, 0.05) is 0 Å². The zero-order chi connectivity index (χ0) is 38.8. The summed E-state index contributed by atoms with van der Waals surface area (Å²) in [5.41, 5.74) is 6.59. The van der Waals surface area contributed by atoms with Crippen molar-refractivity contribution in [2.24, 2.45) is 4.52 Å². The fourth-order valence-corrected chi connectivity index (χ4v) is 11.3. The van der Waals surface area contributed by atoms with Crippen LogP contribution in [-0.2, 0) is 13.6 Å². The summed E-state index contributed by atoms with van der Waals surface area (Å²) in [4.78, 5) is 3.53. The van der Waals surface area contributed by atoms with E-state index in [1.807, 2.05) is 134 Å². The summed E-state index contributed by atoms with van der Waals surface area (Å²) in [6.07, 6.45) is 2.28. The van der Waals surface area contributed by atoms with Crippen LogP contribution in [0.5, 0.6) is 17.2 Å². The van der Waals surface area contributed by atoms with E-state index < -0.39 is 24.7 Å². The maximum absolute atomic E-state index is 6.87. The molecule has 1 N–H and O–H groups in total. The third kappa shape index (κ3) is 12.3. The normalized spacial score (nSPS) is 13.3. The Morgan fingerprint density at radius 1 is 0.446 bits per heavy atom. The SMILES string of the molecule is CCCOP(N=P(NP(OCCC)Oc1ccc(-c2ccccc2)cc1)(OCCC)Oc1ccc(-c2ccccc2)cc1)Oc1ccc(-c2ccccc2)cc1. The van der Waals surface area contributed by atoms with Gasteiger partial charge in [-0.05, 0) is 89.0 Å². The number of hydrogen-bond donors (Lipinski definition) is 1. The summed E-state index contributed by atoms with van der Waals surface area (Å²) in [5, 5.41) is 0. The lowest BCUT2D eigenvalue weighted by Gasteiger charge is -2.29. The molecule has 11 heteroatoms. The van der Waals surface area contributed by atoms with Crippen molar-refractivity contribution in [2.45, 2.75) is 40.0 Å². The molecule has 3 unspecified atom stereocenters. The summed E-state index contributed by atoms with van der Waals surface area (Å²) < 4.78 is 44.5. The summed E-state index contributed by atoms with van der Waals surface area (Å²) in [5.74, 6) is 1.83. The fourth-order valence-electron chi connectivity index (χ4n) is 5.39. The second-order valence-corrected chi connectivity index (χ2v) is 17.5. The topological polar surface area (TPSA) is 79.8 Å². The van der Waals surface area contributed by atoms with Crippen LogP contribution >= 0.6 is 24.7 Å². The quantitative estimate of drug-likeness (QED) is 0.0726. The first-order valence-electron chi connectivity index (χ1n) is 19.0. The Morgan fingerprint density at radius 2 is 0.839 bits per heavy atom. The van der Waals surface area contributed by atoms with Gasteiger partial charge in [-0.1, -0.05) is 148 Å². The summed E-state index contributed by atoms with van der Waals surface area (Å²) in [6.45, 7) is 7.40. The lowest BCUT2D eigenvalue weighted by Crippen LogP contribution is -2.17. The summed E-state index contributed by atoms with van der Waals surface area (Å²) in [7, 11) is -7.22. The first-order chi connectivity index (χ1) is 27.6. The molecule has 0 heterocycles. The van der Waals surface area contributed by atoms with Crippen LogP contribution in [0.25, 0.3) is 33.4 Å². The van der Waals surface area contributed by atoms with Crippen molar-refractivity contribution in [2.75, 3.05) is 19.8 Å². The molecule has 0 fully saturated rings. The molecule has 0 spiro atoms. The second-order valence-electron chi connectivity index (χ2n) is 12.6. The molecule has 0 aliphatic carbocycles. The molecule has 0 radical (unpaired) electrons. The smallest absolute Gasteiger partial charge is 0.377 e. The molecule has 6 aromatic rings. The fraction of sp³-hybridized carbons (Fsp3) is 0.200. The first-order valence-corrected chi connectivity index (χ1v) is 22.9. The van der Waals surface area contributed by atoms with Gasteiger partial charge in [0.15, 0.2) is 0 Å². The molecule has 6 aromatic carbocycles. The van der Waals surface area contributed by atoms with E-state index >= 15 is 0 Å². The van der Waals surface area contributed by atoms with Gasteiger partial charge in [0.2, 0.25) is 0 Å². The van der Waals surface area contributed by atoms with Gasteiger partial charge < -0.3 is 27.1 Å². The van der Waals surface area contributed by atoms with Crippen LogP contribution < -0.4 is 18.4 Å². The number of nitrogens with one attached hydrogen (secondary N) is 1. The molecule has 0 amide bonds. The van der Waals surface area contributed by atoms with Gasteiger partial charge in [-0.3, -0.25) is 0 Å². The van der Waals surface area contributed by atoms with Crippen molar-refractivity contribution >= 4 is 24.7 Å². The molecule has 0 saturated carbocycles. The highest BCUT2D eigenvalue weighted by Gasteiger charge is 2.34. The number of benzene rings is 6. The van der Waals surface area contributed by atoms with Crippen molar-refractivity contribution in [3.8, 4) is 50.6 Å². The van der Waals surface area contributed by atoms with E-state index in [9.17, 15) is 0 Å². The Balaban J connectivity index is 1.36. The van der Waals surface area contributed by atoms with E-state index in [2.05, 4.69) is 55.1 Å². The van der Waals surface area contributed by atoms with Crippen molar-refractivity contribution in [3.63, 3.8) is 0 Å². The Labute approximate surface area is 334 Å². The monoisotopic (exact) mass is 806 g/mol. The van der Waals surface area contributed by atoms with Gasteiger partial charge in [-0.15, -0.1) is 9.37 Å². The molecular formula is C45H49N2O6P3. The van der Waals surface area contributed by atoms with Gasteiger partial charge in [-0.2, -0.15) is 0 Å². The minimum absolute atomic E-state index is 0.359. The van der Waals surface area contributed by atoms with Crippen LogP contribution in [-0.4, -0.2) is 19.8 Å². The summed E-state index contributed by atoms with van der Waals surface area (Å²) >= 11 is 0. The highest BCUT2D eigenvalue weighted by atomic mass is 31.3. The van der Waals surface area contributed by atoms with Crippen molar-refractivity contribution < 1.29 is 27.1 Å². The van der Waals surface area contributed by atoms with E-state index in [4.69, 9.17) is 31.7 Å². The van der Waals surface area contributed by atoms with Crippen molar-refractivity contribution in [3.05, 3.63) is 164 Å². The highest BCUT2D eigenvalue weighted by molar-refractivity contribution is 7.70. The lowest BCUT2D eigenvalue weighted by atomic mass is 10.1. The zero-order valence-corrected chi connectivity index (χ0v) is 34.8. The lowest BCUT2D eigenvalue weighted by molar-refractivity contribution is 0.286. The van der Waals surface area contributed by atoms with E-state index in [0.29, 0.717) is 37.1 Å². The molecule has 0 saturated heterocycles. The first kappa shape index (κ1) is 41.3. The molecular weight excluding hydrogens is 757 g/mol. The van der Waals surface area contributed by atoms with Gasteiger partial charge in [0.25, 0.3) is 0 Å². The number of hydrogen-bond acceptors (Lipinski definition) is 7. The van der Waals surface area contributed by atoms with E-state index in [1.165, 1.54) is 0 Å². The third-order valence-corrected chi connectivity index (χ3v) is 13.9. The third-order valence-electron chi connectivity index (χ3n) is 8.17. The molecule has 0 aliphatic rings. The van der Waals surface area contributed by atoms with Crippen LogP contribution in [0.2, 0.25) is 0 Å². The molecule has 3 atom stereocenters. The summed E-state index contributed by atoms with van der Waals surface area (Å²) in [6, 6.07) is 54.5. The van der Waals surface area contributed by atoms with E-state index in [1.54, 1.807) is 0 Å². The minimum Gasteiger partial charge on any atom is -0.436 e. The van der Waals surface area contributed by atoms with Crippen molar-refractivity contribution in [1.29, 1.82) is 0 Å². The Hall–Kier alpha value is -4.35. The van der Waals surface area contributed by atoms with Crippen LogP contribution in [0, 0.1) is 0 Å². The second kappa shape index (κ2) is 21.8. The maximum Gasteiger partial charge on any atom is 0.377 e. The predicted molar refractivity (Wildman–Crippen MR) is 233 cm³/mol. The van der Waals surface area contributed by atoms with Crippen LogP contribution in [0.1, 0.15) is 40.0 Å². The molecule has 0 bridgehead atoms. The van der Waals surface area contributed by atoms with Crippen LogP contribution in [0.15, 0.2) is 168 Å². The molecule has 290 valence electrons. The van der Waals surface area contributed by atoms with E-state index in [-0.39, 0.29) is 0 Å².